The van der Waals surface area contributed by atoms with Crippen LogP contribution in [-0.4, -0.2) is 5.11 Å². The molecule has 1 nitrogen and oxygen atoms in total. The van der Waals surface area contributed by atoms with Gasteiger partial charge >= 0.3 is 0 Å². The largest absolute Gasteiger partial charge is 0.387 e. The summed E-state index contributed by atoms with van der Waals surface area (Å²) in [4.78, 5) is 0.932. The molecule has 1 aliphatic rings. The highest BCUT2D eigenvalue weighted by atomic mass is 79.9. The van der Waals surface area contributed by atoms with Gasteiger partial charge in [-0.2, -0.15) is 0 Å². The SMILES string of the molecule is OC(c1cc(Br)c(Cl)s1)C1Cc2ccccc21. The third kappa shape index (κ3) is 1.95. The van der Waals surface area contributed by atoms with Crippen molar-refractivity contribution in [1.82, 2.24) is 0 Å². The van der Waals surface area contributed by atoms with E-state index in [1.165, 1.54) is 22.5 Å². The average Bonchev–Trinajstić information content (AvgIpc) is 2.61. The van der Waals surface area contributed by atoms with Gasteiger partial charge in [-0.3, -0.25) is 0 Å². The summed E-state index contributed by atoms with van der Waals surface area (Å²) >= 11 is 10.8. The van der Waals surface area contributed by atoms with Gasteiger partial charge in [0.15, 0.2) is 0 Å². The zero-order chi connectivity index (χ0) is 12.0. The number of hydrogen-bond acceptors (Lipinski definition) is 2. The second-order valence-electron chi connectivity index (χ2n) is 4.22. The van der Waals surface area contributed by atoms with Crippen LogP contribution < -0.4 is 0 Å². The van der Waals surface area contributed by atoms with E-state index in [1.807, 2.05) is 18.2 Å². The average molecular weight is 330 g/mol. The maximum atomic E-state index is 10.4. The summed E-state index contributed by atoms with van der Waals surface area (Å²) in [6.45, 7) is 0. The zero-order valence-electron chi connectivity index (χ0n) is 8.86. The fourth-order valence-electron chi connectivity index (χ4n) is 2.29. The molecule has 1 aromatic carbocycles. The van der Waals surface area contributed by atoms with Crippen LogP contribution in [0.5, 0.6) is 0 Å². The second kappa shape index (κ2) is 4.39. The first kappa shape index (κ1) is 11.7. The van der Waals surface area contributed by atoms with Crippen LogP contribution in [0, 0.1) is 0 Å². The minimum atomic E-state index is -0.446. The Kier molecular flexibility index (Phi) is 3.03. The standard InChI is InChI=1S/C13H10BrClOS/c14-10-6-11(17-13(10)15)12(16)9-5-7-3-1-2-4-8(7)9/h1-4,6,9,12,16H,5H2. The van der Waals surface area contributed by atoms with Gasteiger partial charge in [-0.15, -0.1) is 11.3 Å². The van der Waals surface area contributed by atoms with Crippen LogP contribution in [0.25, 0.3) is 0 Å². The van der Waals surface area contributed by atoms with Crippen LogP contribution in [0.1, 0.15) is 28.0 Å². The van der Waals surface area contributed by atoms with Crippen molar-refractivity contribution in [3.63, 3.8) is 0 Å². The number of rotatable bonds is 2. The molecule has 1 heterocycles. The van der Waals surface area contributed by atoms with Crippen molar-refractivity contribution in [3.8, 4) is 0 Å². The quantitative estimate of drug-likeness (QED) is 0.858. The molecule has 0 bridgehead atoms. The Bertz CT molecular complexity index is 547. The predicted octanol–water partition coefficient (Wildman–Crippen LogP) is 4.54. The Morgan fingerprint density at radius 3 is 2.82 bits per heavy atom. The number of halogens is 2. The van der Waals surface area contributed by atoms with Gasteiger partial charge in [0.25, 0.3) is 0 Å². The van der Waals surface area contributed by atoms with Crippen LogP contribution in [0.4, 0.5) is 0 Å². The van der Waals surface area contributed by atoms with Crippen molar-refractivity contribution >= 4 is 38.9 Å². The topological polar surface area (TPSA) is 20.2 Å². The lowest BCUT2D eigenvalue weighted by atomic mass is 9.74. The van der Waals surface area contributed by atoms with Crippen molar-refractivity contribution in [1.29, 1.82) is 0 Å². The number of aliphatic hydroxyl groups excluding tert-OH is 1. The first-order chi connectivity index (χ1) is 8.16. The van der Waals surface area contributed by atoms with Crippen LogP contribution >= 0.6 is 38.9 Å². The van der Waals surface area contributed by atoms with Crippen molar-refractivity contribution in [3.05, 3.63) is 55.1 Å². The summed E-state index contributed by atoms with van der Waals surface area (Å²) < 4.78 is 1.57. The molecule has 1 aromatic heterocycles. The molecule has 0 saturated carbocycles. The van der Waals surface area contributed by atoms with E-state index in [-0.39, 0.29) is 5.92 Å². The molecule has 0 spiro atoms. The van der Waals surface area contributed by atoms with E-state index in [1.54, 1.807) is 0 Å². The first-order valence-corrected chi connectivity index (χ1v) is 7.36. The molecule has 17 heavy (non-hydrogen) atoms. The summed E-state index contributed by atoms with van der Waals surface area (Å²) in [5.41, 5.74) is 2.61. The van der Waals surface area contributed by atoms with Gasteiger partial charge in [0.05, 0.1) is 6.10 Å². The van der Waals surface area contributed by atoms with E-state index in [4.69, 9.17) is 11.6 Å². The fourth-order valence-corrected chi connectivity index (χ4v) is 4.07. The van der Waals surface area contributed by atoms with E-state index >= 15 is 0 Å². The molecule has 0 amide bonds. The fraction of sp³-hybridized carbons (Fsp3) is 0.231. The molecule has 1 N–H and O–H groups in total. The van der Waals surface area contributed by atoms with Crippen LogP contribution in [-0.2, 0) is 6.42 Å². The van der Waals surface area contributed by atoms with Gasteiger partial charge in [-0.1, -0.05) is 35.9 Å². The monoisotopic (exact) mass is 328 g/mol. The molecule has 2 atom stereocenters. The Morgan fingerprint density at radius 2 is 2.18 bits per heavy atom. The van der Waals surface area contributed by atoms with E-state index in [0.717, 1.165) is 15.8 Å². The molecule has 4 heteroatoms. The van der Waals surface area contributed by atoms with Crippen molar-refractivity contribution in [2.75, 3.05) is 0 Å². The van der Waals surface area contributed by atoms with Crippen LogP contribution in [0.2, 0.25) is 4.34 Å². The maximum absolute atomic E-state index is 10.4. The zero-order valence-corrected chi connectivity index (χ0v) is 12.0. The van der Waals surface area contributed by atoms with Gasteiger partial charge in [0, 0.05) is 15.3 Å². The van der Waals surface area contributed by atoms with E-state index in [0.29, 0.717) is 4.34 Å². The summed E-state index contributed by atoms with van der Waals surface area (Å²) in [6, 6.07) is 10.2. The van der Waals surface area contributed by atoms with Gasteiger partial charge in [-0.25, -0.2) is 0 Å². The van der Waals surface area contributed by atoms with E-state index in [9.17, 15) is 5.11 Å². The van der Waals surface area contributed by atoms with Gasteiger partial charge in [0.2, 0.25) is 0 Å². The lowest BCUT2D eigenvalue weighted by molar-refractivity contribution is 0.138. The van der Waals surface area contributed by atoms with Crippen molar-refractivity contribution in [2.24, 2.45) is 0 Å². The number of thiophene rings is 1. The van der Waals surface area contributed by atoms with Crippen LogP contribution in [0.15, 0.2) is 34.8 Å². The molecule has 0 saturated heterocycles. The van der Waals surface area contributed by atoms with E-state index in [2.05, 4.69) is 28.1 Å². The smallest absolute Gasteiger partial charge is 0.107 e. The number of fused-ring (bicyclic) bond motifs is 1. The molecule has 88 valence electrons. The molecule has 3 rings (SSSR count). The number of benzene rings is 1. The minimum absolute atomic E-state index is 0.216. The molecule has 1 aliphatic carbocycles. The summed E-state index contributed by atoms with van der Waals surface area (Å²) in [6.07, 6.45) is 0.503. The summed E-state index contributed by atoms with van der Waals surface area (Å²) in [5.74, 6) is 0.216. The predicted molar refractivity (Wildman–Crippen MR) is 74.9 cm³/mol. The summed E-state index contributed by atoms with van der Waals surface area (Å²) in [5, 5.41) is 10.4. The van der Waals surface area contributed by atoms with Crippen molar-refractivity contribution in [2.45, 2.75) is 18.4 Å². The third-order valence-electron chi connectivity index (χ3n) is 3.23. The lowest BCUT2D eigenvalue weighted by Gasteiger charge is -2.33. The first-order valence-electron chi connectivity index (χ1n) is 5.37. The Labute approximate surface area is 117 Å². The number of hydrogen-bond donors (Lipinski definition) is 1. The molecule has 0 aliphatic heterocycles. The highest BCUT2D eigenvalue weighted by molar-refractivity contribution is 9.10. The molecular weight excluding hydrogens is 320 g/mol. The minimum Gasteiger partial charge on any atom is -0.387 e. The normalized spacial score (nSPS) is 19.6. The number of aliphatic hydroxyl groups is 1. The van der Waals surface area contributed by atoms with Crippen molar-refractivity contribution < 1.29 is 5.11 Å². The lowest BCUT2D eigenvalue weighted by Crippen LogP contribution is -2.22. The highest BCUT2D eigenvalue weighted by Gasteiger charge is 2.33. The Balaban J connectivity index is 1.88. The highest BCUT2D eigenvalue weighted by Crippen LogP contribution is 2.46. The van der Waals surface area contributed by atoms with E-state index < -0.39 is 6.10 Å². The van der Waals surface area contributed by atoms with Crippen LogP contribution in [0.3, 0.4) is 0 Å². The Morgan fingerprint density at radius 1 is 1.41 bits per heavy atom. The van der Waals surface area contributed by atoms with Gasteiger partial charge < -0.3 is 5.11 Å². The maximum Gasteiger partial charge on any atom is 0.107 e. The second-order valence-corrected chi connectivity index (χ2v) is 6.76. The molecule has 0 radical (unpaired) electrons. The van der Waals surface area contributed by atoms with Gasteiger partial charge in [0.1, 0.15) is 4.34 Å². The van der Waals surface area contributed by atoms with Gasteiger partial charge in [-0.05, 0) is 39.5 Å². The molecule has 2 unspecified atom stereocenters. The molecule has 2 aromatic rings. The molecular formula is C13H10BrClOS. The molecule has 0 fully saturated rings. The Hall–Kier alpha value is -0.350. The summed E-state index contributed by atoms with van der Waals surface area (Å²) in [7, 11) is 0. The third-order valence-corrected chi connectivity index (χ3v) is 5.78.